The Hall–Kier alpha value is -1.09. The Balaban J connectivity index is 1.84. The van der Waals surface area contributed by atoms with Crippen molar-refractivity contribution >= 4 is 5.69 Å². The molecule has 1 fully saturated rings. The zero-order valence-electron chi connectivity index (χ0n) is 11.1. The van der Waals surface area contributed by atoms with E-state index in [1.165, 1.54) is 38.2 Å². The van der Waals surface area contributed by atoms with Crippen molar-refractivity contribution in [3.63, 3.8) is 0 Å². The maximum atomic E-state index is 13.6. The molecule has 3 heteroatoms. The Labute approximate surface area is 109 Å². The first-order valence-corrected chi connectivity index (χ1v) is 6.84. The van der Waals surface area contributed by atoms with Gasteiger partial charge in [-0.2, -0.15) is 0 Å². The molecule has 2 rings (SSSR count). The Morgan fingerprint density at radius 1 is 1.28 bits per heavy atom. The number of anilines is 1. The van der Waals surface area contributed by atoms with Crippen molar-refractivity contribution in [3.05, 3.63) is 29.6 Å². The third-order valence-corrected chi connectivity index (χ3v) is 4.01. The molecule has 0 amide bonds. The summed E-state index contributed by atoms with van der Waals surface area (Å²) < 4.78 is 13.6. The molecule has 1 aliphatic carbocycles. The van der Waals surface area contributed by atoms with E-state index >= 15 is 0 Å². The molecule has 1 aliphatic rings. The van der Waals surface area contributed by atoms with Gasteiger partial charge in [-0.1, -0.05) is 32.3 Å². The van der Waals surface area contributed by atoms with E-state index in [0.717, 1.165) is 6.54 Å². The van der Waals surface area contributed by atoms with Crippen LogP contribution in [0.1, 0.15) is 44.6 Å². The van der Waals surface area contributed by atoms with Crippen LogP contribution in [0, 0.1) is 11.2 Å². The topological polar surface area (TPSA) is 38.0 Å². The van der Waals surface area contributed by atoms with Crippen molar-refractivity contribution in [2.24, 2.45) is 5.41 Å². The molecule has 18 heavy (non-hydrogen) atoms. The van der Waals surface area contributed by atoms with Gasteiger partial charge < -0.3 is 11.1 Å². The zero-order chi connectivity index (χ0) is 13.0. The van der Waals surface area contributed by atoms with E-state index in [1.807, 2.05) is 0 Å². The number of hydrogen-bond donors (Lipinski definition) is 2. The summed E-state index contributed by atoms with van der Waals surface area (Å²) in [7, 11) is 0. The SMILES string of the molecule is CC1(CNCc2ccc(N)cc2F)CCCCC1. The number of nitrogens with one attached hydrogen (secondary N) is 1. The molecule has 0 unspecified atom stereocenters. The van der Waals surface area contributed by atoms with Gasteiger partial charge in [0.1, 0.15) is 5.82 Å². The van der Waals surface area contributed by atoms with E-state index in [-0.39, 0.29) is 5.82 Å². The Morgan fingerprint density at radius 2 is 2.00 bits per heavy atom. The maximum absolute atomic E-state index is 13.6. The fourth-order valence-corrected chi connectivity index (χ4v) is 2.79. The van der Waals surface area contributed by atoms with Crippen LogP contribution in [-0.4, -0.2) is 6.54 Å². The van der Waals surface area contributed by atoms with Crippen LogP contribution in [0.2, 0.25) is 0 Å². The van der Waals surface area contributed by atoms with Gasteiger partial charge in [-0.05, 0) is 30.4 Å². The minimum Gasteiger partial charge on any atom is -0.399 e. The molecular formula is C15H23FN2. The quantitative estimate of drug-likeness (QED) is 0.803. The van der Waals surface area contributed by atoms with E-state index in [0.29, 0.717) is 23.2 Å². The summed E-state index contributed by atoms with van der Waals surface area (Å²) >= 11 is 0. The first-order chi connectivity index (χ1) is 8.59. The maximum Gasteiger partial charge on any atom is 0.129 e. The minimum absolute atomic E-state index is 0.212. The lowest BCUT2D eigenvalue weighted by Gasteiger charge is -2.33. The third kappa shape index (κ3) is 3.45. The predicted molar refractivity (Wildman–Crippen MR) is 73.7 cm³/mol. The lowest BCUT2D eigenvalue weighted by Crippen LogP contribution is -2.33. The van der Waals surface area contributed by atoms with Crippen LogP contribution in [0.25, 0.3) is 0 Å². The van der Waals surface area contributed by atoms with Gasteiger partial charge in [0, 0.05) is 24.3 Å². The number of halogens is 1. The van der Waals surface area contributed by atoms with Crippen LogP contribution in [0.15, 0.2) is 18.2 Å². The van der Waals surface area contributed by atoms with E-state index in [1.54, 1.807) is 12.1 Å². The lowest BCUT2D eigenvalue weighted by molar-refractivity contribution is 0.207. The average Bonchev–Trinajstić information content (AvgIpc) is 2.33. The van der Waals surface area contributed by atoms with Crippen molar-refractivity contribution in [3.8, 4) is 0 Å². The fraction of sp³-hybridized carbons (Fsp3) is 0.600. The molecule has 0 radical (unpaired) electrons. The van der Waals surface area contributed by atoms with E-state index in [4.69, 9.17) is 5.73 Å². The molecule has 1 aromatic carbocycles. The molecule has 1 aromatic rings. The van der Waals surface area contributed by atoms with Gasteiger partial charge in [-0.15, -0.1) is 0 Å². The van der Waals surface area contributed by atoms with Crippen molar-refractivity contribution in [2.45, 2.75) is 45.6 Å². The highest BCUT2D eigenvalue weighted by molar-refractivity contribution is 5.40. The second-order valence-electron chi connectivity index (χ2n) is 5.83. The molecule has 0 saturated heterocycles. The predicted octanol–water partition coefficient (Wildman–Crippen LogP) is 3.47. The standard InChI is InChI=1S/C15H23FN2/c1-15(7-3-2-4-8-15)11-18-10-12-5-6-13(17)9-14(12)16/h5-6,9,18H,2-4,7-8,10-11,17H2,1H3. The van der Waals surface area contributed by atoms with E-state index < -0.39 is 0 Å². The summed E-state index contributed by atoms with van der Waals surface area (Å²) in [6.45, 7) is 3.89. The van der Waals surface area contributed by atoms with Gasteiger partial charge >= 0.3 is 0 Å². The summed E-state index contributed by atoms with van der Waals surface area (Å²) in [5, 5.41) is 3.39. The molecule has 0 heterocycles. The summed E-state index contributed by atoms with van der Waals surface area (Å²) in [5.74, 6) is -0.212. The molecule has 0 aromatic heterocycles. The molecule has 0 atom stereocenters. The molecule has 1 saturated carbocycles. The van der Waals surface area contributed by atoms with Gasteiger partial charge in [0.15, 0.2) is 0 Å². The molecule has 0 bridgehead atoms. The second-order valence-corrected chi connectivity index (χ2v) is 5.83. The van der Waals surface area contributed by atoms with Crippen LogP contribution in [0.5, 0.6) is 0 Å². The van der Waals surface area contributed by atoms with Crippen molar-refractivity contribution in [2.75, 3.05) is 12.3 Å². The van der Waals surface area contributed by atoms with Gasteiger partial charge in [0.05, 0.1) is 0 Å². The number of nitrogens with two attached hydrogens (primary N) is 1. The zero-order valence-corrected chi connectivity index (χ0v) is 11.1. The first kappa shape index (κ1) is 13.3. The van der Waals surface area contributed by atoms with E-state index in [9.17, 15) is 4.39 Å². The summed E-state index contributed by atoms with van der Waals surface area (Å²) in [6, 6.07) is 4.91. The minimum atomic E-state index is -0.212. The summed E-state index contributed by atoms with van der Waals surface area (Å²) in [6.07, 6.45) is 6.58. The van der Waals surface area contributed by atoms with Crippen LogP contribution in [0.3, 0.4) is 0 Å². The summed E-state index contributed by atoms with van der Waals surface area (Å²) in [5.41, 5.74) is 7.10. The van der Waals surface area contributed by atoms with Gasteiger partial charge in [0.2, 0.25) is 0 Å². The Morgan fingerprint density at radius 3 is 2.67 bits per heavy atom. The Kier molecular flexibility index (Phi) is 4.23. The van der Waals surface area contributed by atoms with Crippen molar-refractivity contribution < 1.29 is 4.39 Å². The number of hydrogen-bond acceptors (Lipinski definition) is 2. The highest BCUT2D eigenvalue weighted by Gasteiger charge is 2.26. The normalized spacial score (nSPS) is 18.8. The van der Waals surface area contributed by atoms with Crippen molar-refractivity contribution in [1.82, 2.24) is 5.32 Å². The van der Waals surface area contributed by atoms with Gasteiger partial charge in [0.25, 0.3) is 0 Å². The number of rotatable bonds is 4. The molecule has 3 N–H and O–H groups in total. The highest BCUT2D eigenvalue weighted by Crippen LogP contribution is 2.34. The van der Waals surface area contributed by atoms with Gasteiger partial charge in [-0.3, -0.25) is 0 Å². The third-order valence-electron chi connectivity index (χ3n) is 4.01. The molecule has 0 spiro atoms. The van der Waals surface area contributed by atoms with Crippen LogP contribution < -0.4 is 11.1 Å². The van der Waals surface area contributed by atoms with Crippen LogP contribution >= 0.6 is 0 Å². The highest BCUT2D eigenvalue weighted by atomic mass is 19.1. The first-order valence-electron chi connectivity index (χ1n) is 6.84. The number of benzene rings is 1. The monoisotopic (exact) mass is 250 g/mol. The molecule has 100 valence electrons. The average molecular weight is 250 g/mol. The molecule has 0 aliphatic heterocycles. The smallest absolute Gasteiger partial charge is 0.129 e. The van der Waals surface area contributed by atoms with Crippen molar-refractivity contribution in [1.29, 1.82) is 0 Å². The second kappa shape index (κ2) is 5.70. The summed E-state index contributed by atoms with van der Waals surface area (Å²) in [4.78, 5) is 0. The van der Waals surface area contributed by atoms with Gasteiger partial charge in [-0.25, -0.2) is 4.39 Å². The lowest BCUT2D eigenvalue weighted by atomic mass is 9.76. The van der Waals surface area contributed by atoms with Crippen LogP contribution in [0.4, 0.5) is 10.1 Å². The molecule has 2 nitrogen and oxygen atoms in total. The molecular weight excluding hydrogens is 227 g/mol. The fourth-order valence-electron chi connectivity index (χ4n) is 2.79. The largest absolute Gasteiger partial charge is 0.399 e. The van der Waals surface area contributed by atoms with E-state index in [2.05, 4.69) is 12.2 Å². The Bertz CT molecular complexity index is 397. The number of nitrogen functional groups attached to an aromatic ring is 1. The van der Waals surface area contributed by atoms with Crippen LogP contribution in [-0.2, 0) is 6.54 Å².